The van der Waals surface area contributed by atoms with Crippen molar-refractivity contribution in [3.8, 4) is 6.07 Å². The number of amides is 1. The summed E-state index contributed by atoms with van der Waals surface area (Å²) in [5.41, 5.74) is 0.483. The molecule has 2 rings (SSSR count). The molecule has 0 aliphatic carbocycles. The molecule has 0 unspecified atom stereocenters. The molecule has 0 bridgehead atoms. The zero-order valence-corrected chi connectivity index (χ0v) is 12.3. The molecule has 19 heavy (non-hydrogen) atoms. The van der Waals surface area contributed by atoms with Gasteiger partial charge in [0, 0.05) is 7.05 Å². The highest BCUT2D eigenvalue weighted by Gasteiger charge is 2.10. The van der Waals surface area contributed by atoms with Crippen molar-refractivity contribution in [2.24, 2.45) is 0 Å². The first-order chi connectivity index (χ1) is 9.22. The van der Waals surface area contributed by atoms with Crippen molar-refractivity contribution in [3.05, 3.63) is 17.0 Å². The number of hydrogen-bond acceptors (Lipinski definition) is 8. The molecule has 2 N–H and O–H groups in total. The quantitative estimate of drug-likeness (QED) is 0.823. The number of hydrogen-bond donors (Lipinski definition) is 2. The van der Waals surface area contributed by atoms with E-state index in [1.54, 1.807) is 18.5 Å². The summed E-state index contributed by atoms with van der Waals surface area (Å²) < 4.78 is 0.728. The lowest BCUT2D eigenvalue weighted by atomic mass is 10.3. The molecule has 0 saturated heterocycles. The van der Waals surface area contributed by atoms with E-state index in [1.165, 1.54) is 34.4 Å². The van der Waals surface area contributed by atoms with E-state index in [2.05, 4.69) is 20.8 Å². The average Bonchev–Trinajstić information content (AvgIpc) is 3.04. The molecule has 0 fully saturated rings. The Balaban J connectivity index is 1.87. The van der Waals surface area contributed by atoms with Crippen molar-refractivity contribution in [2.45, 2.75) is 4.34 Å². The SMILES string of the molecule is CNc1nnc(SCC(=O)Nc2sccc2C#N)s1. The molecule has 0 saturated carbocycles. The van der Waals surface area contributed by atoms with Gasteiger partial charge in [-0.2, -0.15) is 5.26 Å². The lowest BCUT2D eigenvalue weighted by Crippen LogP contribution is -2.13. The first-order valence-corrected chi connectivity index (χ1v) is 7.82. The van der Waals surface area contributed by atoms with Gasteiger partial charge in [-0.3, -0.25) is 4.79 Å². The van der Waals surface area contributed by atoms with Crippen LogP contribution in [0.1, 0.15) is 5.56 Å². The maximum atomic E-state index is 11.7. The van der Waals surface area contributed by atoms with E-state index in [4.69, 9.17) is 5.26 Å². The van der Waals surface area contributed by atoms with Gasteiger partial charge in [0.25, 0.3) is 0 Å². The molecule has 0 radical (unpaired) electrons. The first kappa shape index (κ1) is 13.8. The molecule has 98 valence electrons. The van der Waals surface area contributed by atoms with E-state index < -0.39 is 0 Å². The highest BCUT2D eigenvalue weighted by Crippen LogP contribution is 2.26. The molecule has 0 aromatic carbocycles. The van der Waals surface area contributed by atoms with Gasteiger partial charge >= 0.3 is 0 Å². The molecule has 0 aliphatic heterocycles. The van der Waals surface area contributed by atoms with E-state index in [0.29, 0.717) is 15.7 Å². The maximum Gasteiger partial charge on any atom is 0.235 e. The van der Waals surface area contributed by atoms with Crippen molar-refractivity contribution in [2.75, 3.05) is 23.4 Å². The van der Waals surface area contributed by atoms with Crippen LogP contribution in [0.4, 0.5) is 10.1 Å². The van der Waals surface area contributed by atoms with E-state index >= 15 is 0 Å². The Labute approximate surface area is 121 Å². The van der Waals surface area contributed by atoms with E-state index in [1.807, 2.05) is 6.07 Å². The van der Waals surface area contributed by atoms with Crippen LogP contribution in [-0.2, 0) is 4.79 Å². The summed E-state index contributed by atoms with van der Waals surface area (Å²) in [6, 6.07) is 3.70. The van der Waals surface area contributed by atoms with Crippen LogP contribution >= 0.6 is 34.4 Å². The summed E-state index contributed by atoms with van der Waals surface area (Å²) in [6.07, 6.45) is 0. The number of anilines is 2. The fourth-order valence-corrected chi connectivity index (χ4v) is 3.41. The van der Waals surface area contributed by atoms with Gasteiger partial charge in [0.05, 0.1) is 11.3 Å². The third kappa shape index (κ3) is 3.66. The van der Waals surface area contributed by atoms with Crippen molar-refractivity contribution in [3.63, 3.8) is 0 Å². The Morgan fingerprint density at radius 2 is 2.42 bits per heavy atom. The fourth-order valence-electron chi connectivity index (χ4n) is 1.15. The molecule has 0 atom stereocenters. The van der Waals surface area contributed by atoms with Crippen molar-refractivity contribution >= 4 is 50.5 Å². The third-order valence-electron chi connectivity index (χ3n) is 1.99. The van der Waals surface area contributed by atoms with Gasteiger partial charge in [-0.15, -0.1) is 21.5 Å². The second-order valence-electron chi connectivity index (χ2n) is 3.24. The number of carbonyl (C=O) groups excluding carboxylic acids is 1. The predicted molar refractivity (Wildman–Crippen MR) is 77.8 cm³/mol. The van der Waals surface area contributed by atoms with Crippen LogP contribution in [0.3, 0.4) is 0 Å². The maximum absolute atomic E-state index is 11.7. The second-order valence-corrected chi connectivity index (χ2v) is 6.35. The normalized spacial score (nSPS) is 9.89. The lowest BCUT2D eigenvalue weighted by Gasteiger charge is -2.01. The third-order valence-corrected chi connectivity index (χ3v) is 4.89. The van der Waals surface area contributed by atoms with Crippen LogP contribution in [-0.4, -0.2) is 28.9 Å². The van der Waals surface area contributed by atoms with E-state index in [0.717, 1.165) is 4.34 Å². The Bertz CT molecular complexity index is 615. The fraction of sp³-hybridized carbons (Fsp3) is 0.200. The number of aromatic nitrogens is 2. The van der Waals surface area contributed by atoms with E-state index in [9.17, 15) is 4.79 Å². The Morgan fingerprint density at radius 1 is 1.58 bits per heavy atom. The smallest absolute Gasteiger partial charge is 0.235 e. The molecule has 2 aromatic heterocycles. The highest BCUT2D eigenvalue weighted by molar-refractivity contribution is 8.01. The van der Waals surface area contributed by atoms with Crippen LogP contribution in [0.15, 0.2) is 15.8 Å². The van der Waals surface area contributed by atoms with Gasteiger partial charge < -0.3 is 10.6 Å². The summed E-state index contributed by atoms with van der Waals surface area (Å²) in [5, 5.41) is 25.3. The standard InChI is InChI=1S/C10H9N5OS3/c1-12-9-14-15-10(19-9)18-5-7(16)13-8-6(4-11)2-3-17-8/h2-3H,5H2,1H3,(H,12,14)(H,13,16). The minimum absolute atomic E-state index is 0.162. The van der Waals surface area contributed by atoms with Gasteiger partial charge in [-0.1, -0.05) is 23.1 Å². The molecule has 6 nitrogen and oxygen atoms in total. The molecular formula is C10H9N5OS3. The highest BCUT2D eigenvalue weighted by atomic mass is 32.2. The van der Waals surface area contributed by atoms with Crippen molar-refractivity contribution in [1.82, 2.24) is 10.2 Å². The van der Waals surface area contributed by atoms with Crippen LogP contribution in [0.2, 0.25) is 0 Å². The Kier molecular flexibility index (Phi) is 4.73. The van der Waals surface area contributed by atoms with Gasteiger partial charge in [-0.25, -0.2) is 0 Å². The molecule has 2 heterocycles. The summed E-state index contributed by atoms with van der Waals surface area (Å²) in [7, 11) is 1.77. The molecule has 9 heteroatoms. The number of carbonyl (C=O) groups is 1. The predicted octanol–water partition coefficient (Wildman–Crippen LogP) is 2.24. The zero-order chi connectivity index (χ0) is 13.7. The molecule has 1 amide bonds. The van der Waals surface area contributed by atoms with Crippen LogP contribution < -0.4 is 10.6 Å². The largest absolute Gasteiger partial charge is 0.363 e. The monoisotopic (exact) mass is 311 g/mol. The zero-order valence-electron chi connectivity index (χ0n) is 9.84. The topological polar surface area (TPSA) is 90.7 Å². The second kappa shape index (κ2) is 6.51. The summed E-state index contributed by atoms with van der Waals surface area (Å²) >= 11 is 4.04. The van der Waals surface area contributed by atoms with Gasteiger partial charge in [0.15, 0.2) is 4.34 Å². The first-order valence-electron chi connectivity index (χ1n) is 5.14. The van der Waals surface area contributed by atoms with Gasteiger partial charge in [0.2, 0.25) is 11.0 Å². The lowest BCUT2D eigenvalue weighted by molar-refractivity contribution is -0.113. The van der Waals surface area contributed by atoms with Crippen molar-refractivity contribution in [1.29, 1.82) is 5.26 Å². The minimum atomic E-state index is -0.162. The van der Waals surface area contributed by atoms with Gasteiger partial charge in [0.1, 0.15) is 11.1 Å². The number of nitriles is 1. The Morgan fingerprint density at radius 3 is 3.11 bits per heavy atom. The molecule has 2 aromatic rings. The number of rotatable bonds is 5. The summed E-state index contributed by atoms with van der Waals surface area (Å²) in [6.45, 7) is 0. The van der Waals surface area contributed by atoms with E-state index in [-0.39, 0.29) is 11.7 Å². The number of nitrogens with one attached hydrogen (secondary N) is 2. The van der Waals surface area contributed by atoms with Gasteiger partial charge in [-0.05, 0) is 11.4 Å². The summed E-state index contributed by atoms with van der Waals surface area (Å²) in [5.74, 6) is 0.0753. The number of thiophene rings is 1. The Hall–Kier alpha value is -1.63. The van der Waals surface area contributed by atoms with Crippen LogP contribution in [0.5, 0.6) is 0 Å². The average molecular weight is 311 g/mol. The number of nitrogens with zero attached hydrogens (tertiary/aromatic N) is 3. The van der Waals surface area contributed by atoms with Crippen LogP contribution in [0, 0.1) is 11.3 Å². The molecule has 0 aliphatic rings. The minimum Gasteiger partial charge on any atom is -0.363 e. The van der Waals surface area contributed by atoms with Crippen LogP contribution in [0.25, 0.3) is 0 Å². The molecular weight excluding hydrogens is 302 g/mol. The number of thioether (sulfide) groups is 1. The summed E-state index contributed by atoms with van der Waals surface area (Å²) in [4.78, 5) is 11.7. The molecule has 0 spiro atoms. The van der Waals surface area contributed by atoms with Crippen molar-refractivity contribution < 1.29 is 4.79 Å².